The molecule has 4 heterocycles. The molecule has 13 heteroatoms. The Morgan fingerprint density at radius 1 is 1.24 bits per heavy atom. The van der Waals surface area contributed by atoms with Crippen LogP contribution >= 0.6 is 11.9 Å². The fourth-order valence-electron chi connectivity index (χ4n) is 4.86. The number of hydrogen-bond donors (Lipinski definition) is 1. The standard InChI is InChI=1S/C24H31N7O5S/c1-4-6-19-21-22(28(3)27-19)24(32)26-23(25-21)18-9-17(7-8-20(18)35-5-2)37-30-12-16(13-30)29-10-15(11-29)14-36-31(33)34/h7-9,15-16H,4-6,10-14H2,1-3H3,(H,25,26,32). The van der Waals surface area contributed by atoms with Gasteiger partial charge >= 0.3 is 0 Å². The number of aryl methyl sites for hydroxylation is 2. The van der Waals surface area contributed by atoms with Crippen molar-refractivity contribution in [3.63, 3.8) is 0 Å². The quantitative estimate of drug-likeness (QED) is 0.224. The number of nitrogens with one attached hydrogen (secondary N) is 1. The molecule has 0 bridgehead atoms. The molecule has 5 rings (SSSR count). The number of H-pyrrole nitrogens is 1. The van der Waals surface area contributed by atoms with Gasteiger partial charge in [0.05, 0.1) is 17.9 Å². The van der Waals surface area contributed by atoms with E-state index in [0.29, 0.717) is 35.3 Å². The van der Waals surface area contributed by atoms with Crippen molar-refractivity contribution >= 4 is 23.0 Å². The highest BCUT2D eigenvalue weighted by molar-refractivity contribution is 7.97. The Labute approximate surface area is 218 Å². The highest BCUT2D eigenvalue weighted by Gasteiger charge is 2.39. The van der Waals surface area contributed by atoms with E-state index in [-0.39, 0.29) is 18.1 Å². The fourth-order valence-corrected chi connectivity index (χ4v) is 5.95. The van der Waals surface area contributed by atoms with Gasteiger partial charge in [-0.15, -0.1) is 10.1 Å². The van der Waals surface area contributed by atoms with Crippen molar-refractivity contribution < 1.29 is 14.7 Å². The molecule has 2 fully saturated rings. The normalized spacial score (nSPS) is 17.1. The van der Waals surface area contributed by atoms with Gasteiger partial charge in [0, 0.05) is 50.1 Å². The van der Waals surface area contributed by atoms with Crippen LogP contribution < -0.4 is 10.3 Å². The first kappa shape index (κ1) is 25.5. The van der Waals surface area contributed by atoms with Gasteiger partial charge in [-0.2, -0.15) is 5.10 Å². The zero-order chi connectivity index (χ0) is 26.1. The van der Waals surface area contributed by atoms with Gasteiger partial charge in [-0.05, 0) is 43.5 Å². The average Bonchev–Trinajstić information content (AvgIpc) is 3.12. The van der Waals surface area contributed by atoms with E-state index in [0.717, 1.165) is 55.2 Å². The van der Waals surface area contributed by atoms with E-state index in [4.69, 9.17) is 9.72 Å². The fraction of sp³-hybridized carbons (Fsp3) is 0.542. The number of fused-ring (bicyclic) bond motifs is 1. The lowest BCUT2D eigenvalue weighted by Gasteiger charge is -2.51. The molecular formula is C24H31N7O5S. The summed E-state index contributed by atoms with van der Waals surface area (Å²) in [5.74, 6) is 1.37. The summed E-state index contributed by atoms with van der Waals surface area (Å²) in [6.45, 7) is 8.16. The maximum absolute atomic E-state index is 13.0. The number of rotatable bonds is 11. The Balaban J connectivity index is 1.30. The second kappa shape index (κ2) is 10.7. The van der Waals surface area contributed by atoms with Crippen LogP contribution in [0.2, 0.25) is 0 Å². The lowest BCUT2D eigenvalue weighted by atomic mass is 9.96. The molecule has 37 heavy (non-hydrogen) atoms. The van der Waals surface area contributed by atoms with Crippen molar-refractivity contribution in [1.82, 2.24) is 29.0 Å². The van der Waals surface area contributed by atoms with Crippen LogP contribution in [0.4, 0.5) is 0 Å². The van der Waals surface area contributed by atoms with Crippen LogP contribution in [0, 0.1) is 16.0 Å². The van der Waals surface area contributed by atoms with Gasteiger partial charge in [0.15, 0.2) is 5.52 Å². The van der Waals surface area contributed by atoms with Crippen molar-refractivity contribution in [2.75, 3.05) is 39.4 Å². The van der Waals surface area contributed by atoms with Gasteiger partial charge in [0.25, 0.3) is 10.6 Å². The zero-order valence-corrected chi connectivity index (χ0v) is 22.0. The van der Waals surface area contributed by atoms with Crippen LogP contribution in [-0.4, -0.2) is 79.5 Å². The molecule has 0 aliphatic carbocycles. The summed E-state index contributed by atoms with van der Waals surface area (Å²) < 4.78 is 9.76. The Bertz CT molecular complexity index is 1350. The molecule has 2 aromatic heterocycles. The molecule has 0 spiro atoms. The lowest BCUT2D eigenvalue weighted by Crippen LogP contribution is -2.64. The van der Waals surface area contributed by atoms with E-state index in [1.165, 1.54) is 0 Å². The van der Waals surface area contributed by atoms with Gasteiger partial charge in [-0.3, -0.25) is 14.4 Å². The molecule has 2 aliphatic heterocycles. The molecule has 1 aromatic carbocycles. The second-order valence-electron chi connectivity index (χ2n) is 9.45. The third-order valence-corrected chi connectivity index (χ3v) is 7.76. The molecule has 2 aliphatic rings. The van der Waals surface area contributed by atoms with Gasteiger partial charge in [0.1, 0.15) is 23.7 Å². The van der Waals surface area contributed by atoms with Crippen LogP contribution in [0.25, 0.3) is 22.4 Å². The first-order chi connectivity index (χ1) is 17.9. The average molecular weight is 530 g/mol. The predicted molar refractivity (Wildman–Crippen MR) is 139 cm³/mol. The molecule has 1 N–H and O–H groups in total. The number of likely N-dealkylation sites (tertiary alicyclic amines) is 1. The van der Waals surface area contributed by atoms with Crippen LogP contribution in [0.3, 0.4) is 0 Å². The third kappa shape index (κ3) is 5.29. The molecule has 0 unspecified atom stereocenters. The van der Waals surface area contributed by atoms with E-state index in [1.54, 1.807) is 23.7 Å². The summed E-state index contributed by atoms with van der Waals surface area (Å²) in [5, 5.41) is 14.2. The van der Waals surface area contributed by atoms with Gasteiger partial charge in [0.2, 0.25) is 0 Å². The molecule has 2 saturated heterocycles. The van der Waals surface area contributed by atoms with Gasteiger partial charge in [-0.1, -0.05) is 13.3 Å². The number of ether oxygens (including phenoxy) is 1. The van der Waals surface area contributed by atoms with E-state index in [2.05, 4.69) is 31.0 Å². The van der Waals surface area contributed by atoms with Crippen LogP contribution in [0.15, 0.2) is 27.9 Å². The maximum Gasteiger partial charge on any atom is 0.294 e. The number of aromatic nitrogens is 4. The molecule has 0 saturated carbocycles. The van der Waals surface area contributed by atoms with Crippen molar-refractivity contribution in [3.8, 4) is 17.1 Å². The number of benzene rings is 1. The van der Waals surface area contributed by atoms with Crippen molar-refractivity contribution in [2.24, 2.45) is 13.0 Å². The Morgan fingerprint density at radius 3 is 2.73 bits per heavy atom. The minimum atomic E-state index is -0.723. The molecule has 0 amide bonds. The largest absolute Gasteiger partial charge is 0.493 e. The number of nitrogens with zero attached hydrogens (tertiary/aromatic N) is 6. The minimum Gasteiger partial charge on any atom is -0.493 e. The molecule has 198 valence electrons. The molecule has 0 radical (unpaired) electrons. The third-order valence-electron chi connectivity index (χ3n) is 6.74. The van der Waals surface area contributed by atoms with E-state index < -0.39 is 5.09 Å². The summed E-state index contributed by atoms with van der Waals surface area (Å²) in [6, 6.07) is 6.40. The van der Waals surface area contributed by atoms with Crippen molar-refractivity contribution in [3.05, 3.63) is 44.4 Å². The zero-order valence-electron chi connectivity index (χ0n) is 21.2. The Morgan fingerprint density at radius 2 is 2.03 bits per heavy atom. The summed E-state index contributed by atoms with van der Waals surface area (Å²) >= 11 is 1.66. The lowest BCUT2D eigenvalue weighted by molar-refractivity contribution is -0.759. The highest BCUT2D eigenvalue weighted by Crippen LogP contribution is 2.37. The van der Waals surface area contributed by atoms with Crippen molar-refractivity contribution in [2.45, 2.75) is 37.6 Å². The molecular weight excluding hydrogens is 498 g/mol. The van der Waals surface area contributed by atoms with E-state index in [1.807, 2.05) is 25.1 Å². The SMILES string of the molecule is CCCc1nn(C)c2c(=O)[nH]c(-c3cc(SN4CC(N5CC(CO[N+](=O)[O-])C5)C4)ccc3OCC)nc12. The van der Waals surface area contributed by atoms with E-state index >= 15 is 0 Å². The summed E-state index contributed by atoms with van der Waals surface area (Å²) in [4.78, 5) is 39.0. The second-order valence-corrected chi connectivity index (χ2v) is 10.6. The molecule has 0 atom stereocenters. The smallest absolute Gasteiger partial charge is 0.294 e. The van der Waals surface area contributed by atoms with E-state index in [9.17, 15) is 14.9 Å². The summed E-state index contributed by atoms with van der Waals surface area (Å²) in [5.41, 5.74) is 2.44. The van der Waals surface area contributed by atoms with Gasteiger partial charge in [-0.25, -0.2) is 9.29 Å². The maximum atomic E-state index is 13.0. The Kier molecular flexibility index (Phi) is 7.36. The van der Waals surface area contributed by atoms with Crippen molar-refractivity contribution in [1.29, 1.82) is 0 Å². The summed E-state index contributed by atoms with van der Waals surface area (Å²) in [7, 11) is 1.77. The predicted octanol–water partition coefficient (Wildman–Crippen LogP) is 2.51. The first-order valence-corrected chi connectivity index (χ1v) is 13.3. The molecule has 3 aromatic rings. The summed E-state index contributed by atoms with van der Waals surface area (Å²) in [6.07, 6.45) is 1.66. The topological polar surface area (TPSA) is 132 Å². The number of hydrogen-bond acceptors (Lipinski definition) is 10. The Hall–Kier alpha value is -3.16. The first-order valence-electron chi connectivity index (χ1n) is 12.5. The van der Waals surface area contributed by atoms with Crippen LogP contribution in [0.5, 0.6) is 5.75 Å². The highest BCUT2D eigenvalue weighted by atomic mass is 32.2. The monoisotopic (exact) mass is 529 g/mol. The number of aromatic amines is 1. The van der Waals surface area contributed by atoms with Gasteiger partial charge < -0.3 is 14.6 Å². The minimum absolute atomic E-state index is 0.171. The van der Waals surface area contributed by atoms with Crippen LogP contribution in [-0.2, 0) is 18.3 Å². The molecule has 12 nitrogen and oxygen atoms in total. The van der Waals surface area contributed by atoms with Crippen LogP contribution in [0.1, 0.15) is 26.0 Å².